The molecule has 1 saturated carbocycles. The molecule has 20 heavy (non-hydrogen) atoms. The smallest absolute Gasteiger partial charge is 0.315 e. The number of carboxylic acid groups (broad SMARTS) is 1. The summed E-state index contributed by atoms with van der Waals surface area (Å²) >= 11 is 1.49. The van der Waals surface area contributed by atoms with Crippen LogP contribution in [0.1, 0.15) is 36.3 Å². The molecule has 0 bridgehead atoms. The Labute approximate surface area is 121 Å². The van der Waals surface area contributed by atoms with Gasteiger partial charge in [0.1, 0.15) is 0 Å². The van der Waals surface area contributed by atoms with Crippen LogP contribution in [0.5, 0.6) is 0 Å². The average molecular weight is 297 g/mol. The Balaban J connectivity index is 1.80. The standard InChI is InChI=1S/C13H19N3O3S/c1-9-10(20-8-16-9)6-14-12(19)15-7-13(11(17)18)4-2-3-5-13/h8H,2-7H2,1H3,(H,17,18)(H2,14,15,19). The number of carbonyl (C=O) groups excluding carboxylic acids is 1. The number of aromatic nitrogens is 1. The van der Waals surface area contributed by atoms with Crippen LogP contribution in [0, 0.1) is 12.3 Å². The van der Waals surface area contributed by atoms with Crippen molar-refractivity contribution in [2.75, 3.05) is 6.54 Å². The number of nitrogens with zero attached hydrogens (tertiary/aromatic N) is 1. The molecule has 1 aromatic rings. The summed E-state index contributed by atoms with van der Waals surface area (Å²) in [4.78, 5) is 28.2. The number of hydrogen-bond acceptors (Lipinski definition) is 4. The molecule has 6 nitrogen and oxygen atoms in total. The molecule has 7 heteroatoms. The first-order chi connectivity index (χ1) is 9.53. The van der Waals surface area contributed by atoms with Gasteiger partial charge in [0.15, 0.2) is 0 Å². The predicted molar refractivity (Wildman–Crippen MR) is 75.6 cm³/mol. The van der Waals surface area contributed by atoms with E-state index >= 15 is 0 Å². The van der Waals surface area contributed by atoms with Crippen molar-refractivity contribution in [1.29, 1.82) is 0 Å². The fourth-order valence-corrected chi connectivity index (χ4v) is 3.20. The largest absolute Gasteiger partial charge is 0.481 e. The minimum Gasteiger partial charge on any atom is -0.481 e. The third-order valence-electron chi connectivity index (χ3n) is 3.86. The fraction of sp³-hybridized carbons (Fsp3) is 0.615. The molecule has 110 valence electrons. The molecule has 1 aromatic heterocycles. The van der Waals surface area contributed by atoms with E-state index in [1.54, 1.807) is 5.51 Å². The third-order valence-corrected chi connectivity index (χ3v) is 4.79. The van der Waals surface area contributed by atoms with E-state index in [0.29, 0.717) is 19.4 Å². The fourth-order valence-electron chi connectivity index (χ4n) is 2.49. The van der Waals surface area contributed by atoms with Crippen LogP contribution in [0.25, 0.3) is 0 Å². The highest BCUT2D eigenvalue weighted by Gasteiger charge is 2.41. The lowest BCUT2D eigenvalue weighted by atomic mass is 9.86. The molecule has 2 amide bonds. The van der Waals surface area contributed by atoms with E-state index in [1.807, 2.05) is 6.92 Å². The number of hydrogen-bond donors (Lipinski definition) is 3. The van der Waals surface area contributed by atoms with Crippen LogP contribution >= 0.6 is 11.3 Å². The van der Waals surface area contributed by atoms with E-state index in [4.69, 9.17) is 0 Å². The Kier molecular flexibility index (Phi) is 4.59. The van der Waals surface area contributed by atoms with Crippen molar-refractivity contribution in [3.8, 4) is 0 Å². The Morgan fingerprint density at radius 1 is 1.40 bits per heavy atom. The summed E-state index contributed by atoms with van der Waals surface area (Å²) in [7, 11) is 0. The van der Waals surface area contributed by atoms with Gasteiger partial charge in [0.2, 0.25) is 0 Å². The number of aliphatic carboxylic acids is 1. The minimum absolute atomic E-state index is 0.190. The van der Waals surface area contributed by atoms with Crippen molar-refractivity contribution in [2.45, 2.75) is 39.2 Å². The summed E-state index contributed by atoms with van der Waals surface area (Å²) in [6.07, 6.45) is 3.10. The van der Waals surface area contributed by atoms with Gasteiger partial charge < -0.3 is 15.7 Å². The van der Waals surface area contributed by atoms with E-state index in [2.05, 4.69) is 15.6 Å². The van der Waals surface area contributed by atoms with Crippen molar-refractivity contribution in [3.05, 3.63) is 16.1 Å². The van der Waals surface area contributed by atoms with Crippen molar-refractivity contribution in [3.63, 3.8) is 0 Å². The highest BCUT2D eigenvalue weighted by atomic mass is 32.1. The van der Waals surface area contributed by atoms with Crippen LogP contribution in [0.2, 0.25) is 0 Å². The van der Waals surface area contributed by atoms with Crippen LogP contribution in [0.15, 0.2) is 5.51 Å². The van der Waals surface area contributed by atoms with E-state index in [0.717, 1.165) is 23.4 Å². The van der Waals surface area contributed by atoms with Crippen molar-refractivity contribution in [2.24, 2.45) is 5.41 Å². The first kappa shape index (κ1) is 14.8. The van der Waals surface area contributed by atoms with E-state index in [-0.39, 0.29) is 12.6 Å². The summed E-state index contributed by atoms with van der Waals surface area (Å²) < 4.78 is 0. The Morgan fingerprint density at radius 2 is 2.10 bits per heavy atom. The molecule has 3 N–H and O–H groups in total. The summed E-state index contributed by atoms with van der Waals surface area (Å²) in [6.45, 7) is 2.50. The van der Waals surface area contributed by atoms with Gasteiger partial charge in [-0.2, -0.15) is 0 Å². The second-order valence-electron chi connectivity index (χ2n) is 5.19. The number of urea groups is 1. The topological polar surface area (TPSA) is 91.3 Å². The lowest BCUT2D eigenvalue weighted by Gasteiger charge is -2.23. The second kappa shape index (κ2) is 6.21. The molecule has 0 unspecified atom stereocenters. The van der Waals surface area contributed by atoms with Crippen LogP contribution in [0.4, 0.5) is 4.79 Å². The number of rotatable bonds is 5. The first-order valence-electron chi connectivity index (χ1n) is 6.67. The molecule has 0 aromatic carbocycles. The van der Waals surface area contributed by atoms with Gasteiger partial charge in [0, 0.05) is 11.4 Å². The first-order valence-corrected chi connectivity index (χ1v) is 7.55. The molecule has 1 heterocycles. The normalized spacial score (nSPS) is 16.9. The zero-order valence-electron chi connectivity index (χ0n) is 11.4. The Morgan fingerprint density at radius 3 is 2.65 bits per heavy atom. The molecular weight excluding hydrogens is 278 g/mol. The van der Waals surface area contributed by atoms with E-state index in [9.17, 15) is 14.7 Å². The maximum absolute atomic E-state index is 11.7. The van der Waals surface area contributed by atoms with Crippen LogP contribution in [-0.4, -0.2) is 28.6 Å². The molecule has 1 aliphatic carbocycles. The van der Waals surface area contributed by atoms with Gasteiger partial charge in [0.05, 0.1) is 23.2 Å². The Bertz CT molecular complexity index is 495. The second-order valence-corrected chi connectivity index (χ2v) is 6.13. The summed E-state index contributed by atoms with van der Waals surface area (Å²) in [5.41, 5.74) is 1.87. The van der Waals surface area contributed by atoms with Gasteiger partial charge in [-0.3, -0.25) is 4.79 Å². The molecular formula is C13H19N3O3S. The highest BCUT2D eigenvalue weighted by molar-refractivity contribution is 7.09. The van der Waals surface area contributed by atoms with Gasteiger partial charge in [-0.25, -0.2) is 9.78 Å². The maximum atomic E-state index is 11.7. The minimum atomic E-state index is -0.811. The quantitative estimate of drug-likeness (QED) is 0.774. The number of amides is 2. The zero-order chi connectivity index (χ0) is 14.6. The monoisotopic (exact) mass is 297 g/mol. The summed E-state index contributed by atoms with van der Waals surface area (Å²) in [6, 6.07) is -0.328. The number of nitrogens with one attached hydrogen (secondary N) is 2. The van der Waals surface area contributed by atoms with Crippen LogP contribution in [-0.2, 0) is 11.3 Å². The number of thiazole rings is 1. The lowest BCUT2D eigenvalue weighted by Crippen LogP contribution is -2.44. The van der Waals surface area contributed by atoms with Crippen molar-refractivity contribution in [1.82, 2.24) is 15.6 Å². The number of carboxylic acids is 1. The molecule has 2 rings (SSSR count). The van der Waals surface area contributed by atoms with Gasteiger partial charge in [0.25, 0.3) is 0 Å². The zero-order valence-corrected chi connectivity index (χ0v) is 12.3. The SMILES string of the molecule is Cc1ncsc1CNC(=O)NCC1(C(=O)O)CCCC1. The molecule has 0 atom stereocenters. The van der Waals surface area contributed by atoms with Gasteiger partial charge >= 0.3 is 12.0 Å². The molecule has 0 saturated heterocycles. The van der Waals surface area contributed by atoms with Crippen molar-refractivity contribution >= 4 is 23.3 Å². The lowest BCUT2D eigenvalue weighted by molar-refractivity contribution is -0.148. The van der Waals surface area contributed by atoms with E-state index < -0.39 is 11.4 Å². The van der Waals surface area contributed by atoms with Crippen LogP contribution in [0.3, 0.4) is 0 Å². The number of aryl methyl sites for hydroxylation is 1. The molecule has 0 aliphatic heterocycles. The Hall–Kier alpha value is -1.63. The van der Waals surface area contributed by atoms with Gasteiger partial charge in [-0.05, 0) is 19.8 Å². The summed E-state index contributed by atoms with van der Waals surface area (Å²) in [5, 5.41) is 14.7. The predicted octanol–water partition coefficient (Wildman–Crippen LogP) is 1.90. The van der Waals surface area contributed by atoms with Gasteiger partial charge in [-0.15, -0.1) is 11.3 Å². The highest BCUT2D eigenvalue weighted by Crippen LogP contribution is 2.37. The maximum Gasteiger partial charge on any atom is 0.315 e. The molecule has 0 radical (unpaired) electrons. The summed E-state index contributed by atoms with van der Waals surface area (Å²) in [5.74, 6) is -0.811. The molecule has 0 spiro atoms. The van der Waals surface area contributed by atoms with E-state index in [1.165, 1.54) is 11.3 Å². The van der Waals surface area contributed by atoms with Gasteiger partial charge in [-0.1, -0.05) is 12.8 Å². The molecule has 1 aliphatic rings. The average Bonchev–Trinajstić information content (AvgIpc) is 3.04. The number of carbonyl (C=O) groups is 2. The van der Waals surface area contributed by atoms with Crippen molar-refractivity contribution < 1.29 is 14.7 Å². The third kappa shape index (κ3) is 3.27. The molecule has 1 fully saturated rings. The van der Waals surface area contributed by atoms with Crippen LogP contribution < -0.4 is 10.6 Å².